The summed E-state index contributed by atoms with van der Waals surface area (Å²) in [7, 11) is 1.25. The molecule has 130 valence electrons. The number of phenols is 1. The van der Waals surface area contributed by atoms with Crippen molar-refractivity contribution in [2.75, 3.05) is 7.11 Å². The summed E-state index contributed by atoms with van der Waals surface area (Å²) in [4.78, 5) is 22.2. The molecule has 0 radical (unpaired) electrons. The van der Waals surface area contributed by atoms with Crippen molar-refractivity contribution in [3.05, 3.63) is 61.6 Å². The topological polar surface area (TPSA) is 114 Å². The maximum atomic E-state index is 12.0. The molecule has 10 heteroatoms. The Balaban J connectivity index is 2.23. The van der Waals surface area contributed by atoms with E-state index in [9.17, 15) is 20.0 Å². The van der Waals surface area contributed by atoms with Gasteiger partial charge in [0.2, 0.25) is 0 Å². The molecule has 2 rings (SSSR count). The molecular weight excluding hydrogens is 373 g/mol. The Kier molecular flexibility index (Phi) is 5.79. The number of nitro groups is 1. The fourth-order valence-electron chi connectivity index (χ4n) is 1.87. The van der Waals surface area contributed by atoms with Gasteiger partial charge in [0.05, 0.1) is 34.9 Å². The number of nitrogens with one attached hydrogen (secondary N) is 1. The van der Waals surface area contributed by atoms with Crippen LogP contribution in [0.15, 0.2) is 35.4 Å². The number of ether oxygens (including phenoxy) is 1. The van der Waals surface area contributed by atoms with Gasteiger partial charge in [0.1, 0.15) is 0 Å². The maximum Gasteiger partial charge on any atom is 0.274 e. The third-order valence-corrected chi connectivity index (χ3v) is 3.61. The minimum atomic E-state index is -0.647. The summed E-state index contributed by atoms with van der Waals surface area (Å²) in [5.41, 5.74) is 2.04. The van der Waals surface area contributed by atoms with Gasteiger partial charge in [-0.1, -0.05) is 23.2 Å². The van der Waals surface area contributed by atoms with E-state index in [0.717, 1.165) is 18.3 Å². The predicted molar refractivity (Wildman–Crippen MR) is 92.8 cm³/mol. The van der Waals surface area contributed by atoms with Crippen LogP contribution in [0.25, 0.3) is 0 Å². The van der Waals surface area contributed by atoms with E-state index in [-0.39, 0.29) is 33.3 Å². The van der Waals surface area contributed by atoms with Gasteiger partial charge in [0.25, 0.3) is 11.6 Å². The van der Waals surface area contributed by atoms with Crippen LogP contribution in [0.2, 0.25) is 10.0 Å². The second-order valence-corrected chi connectivity index (χ2v) is 5.51. The molecule has 0 aliphatic rings. The normalized spacial score (nSPS) is 10.7. The van der Waals surface area contributed by atoms with Crippen molar-refractivity contribution in [3.63, 3.8) is 0 Å². The quantitative estimate of drug-likeness (QED) is 0.466. The first kappa shape index (κ1) is 18.5. The lowest BCUT2D eigenvalue weighted by Crippen LogP contribution is -2.18. The molecule has 0 fully saturated rings. The zero-order chi connectivity index (χ0) is 18.6. The number of carbonyl (C=O) groups excluding carboxylic acids is 1. The molecule has 0 bridgehead atoms. The number of hydrogen-bond acceptors (Lipinski definition) is 6. The molecule has 1 amide bonds. The van der Waals surface area contributed by atoms with Crippen LogP contribution in [0.1, 0.15) is 15.9 Å². The maximum absolute atomic E-state index is 12.0. The van der Waals surface area contributed by atoms with E-state index in [1.165, 1.54) is 25.3 Å². The molecule has 2 N–H and O–H groups in total. The van der Waals surface area contributed by atoms with Crippen molar-refractivity contribution in [2.45, 2.75) is 0 Å². The van der Waals surface area contributed by atoms with Gasteiger partial charge in [0, 0.05) is 16.7 Å². The Morgan fingerprint density at radius 3 is 2.68 bits per heavy atom. The highest BCUT2D eigenvalue weighted by atomic mass is 35.5. The Labute approximate surface area is 151 Å². The van der Waals surface area contributed by atoms with Gasteiger partial charge in [-0.15, -0.1) is 0 Å². The number of carbonyl (C=O) groups is 1. The van der Waals surface area contributed by atoms with Crippen LogP contribution < -0.4 is 10.2 Å². The van der Waals surface area contributed by atoms with E-state index in [0.29, 0.717) is 5.02 Å². The van der Waals surface area contributed by atoms with Crippen molar-refractivity contribution in [3.8, 4) is 11.5 Å². The fourth-order valence-corrected chi connectivity index (χ4v) is 2.36. The van der Waals surface area contributed by atoms with Crippen molar-refractivity contribution < 1.29 is 19.6 Å². The van der Waals surface area contributed by atoms with Crippen molar-refractivity contribution in [2.24, 2.45) is 5.10 Å². The second-order valence-electron chi connectivity index (χ2n) is 4.67. The first-order valence-corrected chi connectivity index (χ1v) is 7.43. The molecular formula is C15H11Cl2N3O5. The fraction of sp³-hybridized carbons (Fsp3) is 0.0667. The summed E-state index contributed by atoms with van der Waals surface area (Å²) in [5, 5.41) is 25.0. The average Bonchev–Trinajstić information content (AvgIpc) is 2.55. The highest BCUT2D eigenvalue weighted by molar-refractivity contribution is 6.36. The third kappa shape index (κ3) is 4.37. The summed E-state index contributed by atoms with van der Waals surface area (Å²) < 4.78 is 4.87. The van der Waals surface area contributed by atoms with Crippen LogP contribution in [0, 0.1) is 10.1 Å². The molecule has 25 heavy (non-hydrogen) atoms. The molecule has 0 aliphatic heterocycles. The average molecular weight is 384 g/mol. The molecule has 2 aromatic carbocycles. The van der Waals surface area contributed by atoms with Crippen LogP contribution >= 0.6 is 23.2 Å². The van der Waals surface area contributed by atoms with Crippen LogP contribution in [-0.2, 0) is 0 Å². The zero-order valence-corrected chi connectivity index (χ0v) is 14.2. The minimum absolute atomic E-state index is 0.00597. The molecule has 0 aromatic heterocycles. The number of non-ortho nitro benzene ring substituents is 1. The predicted octanol–water partition coefficient (Wildman–Crippen LogP) is 3.38. The van der Waals surface area contributed by atoms with Gasteiger partial charge in [-0.05, 0) is 18.2 Å². The van der Waals surface area contributed by atoms with Gasteiger partial charge in [-0.2, -0.15) is 5.10 Å². The van der Waals surface area contributed by atoms with Crippen LogP contribution in [-0.4, -0.2) is 29.3 Å². The van der Waals surface area contributed by atoms with E-state index in [1.54, 1.807) is 0 Å². The summed E-state index contributed by atoms with van der Waals surface area (Å²) in [6, 6.07) is 6.47. The summed E-state index contributed by atoms with van der Waals surface area (Å²) in [6.45, 7) is 0. The smallest absolute Gasteiger partial charge is 0.274 e. The number of rotatable bonds is 5. The summed E-state index contributed by atoms with van der Waals surface area (Å²) >= 11 is 11.7. The molecule has 0 aliphatic carbocycles. The number of aromatic hydroxyl groups is 1. The standard InChI is InChI=1S/C15H11Cl2N3O5/c1-25-13-6-10(20(23)24)4-8(14(13)21)7-18-19-15(22)11-3-2-9(16)5-12(11)17/h2-7,21H,1H3,(H,19,22). The highest BCUT2D eigenvalue weighted by Gasteiger charge is 2.16. The molecule has 0 heterocycles. The lowest BCUT2D eigenvalue weighted by atomic mass is 10.1. The molecule has 8 nitrogen and oxygen atoms in total. The molecule has 0 unspecified atom stereocenters. The second kappa shape index (κ2) is 7.82. The molecule has 0 saturated heterocycles. The lowest BCUT2D eigenvalue weighted by molar-refractivity contribution is -0.385. The Hall–Kier alpha value is -2.84. The van der Waals surface area contributed by atoms with Crippen LogP contribution in [0.5, 0.6) is 11.5 Å². The number of hydrogen-bond donors (Lipinski definition) is 2. The van der Waals surface area contributed by atoms with E-state index < -0.39 is 10.8 Å². The van der Waals surface area contributed by atoms with Gasteiger partial charge in [0.15, 0.2) is 11.5 Å². The Morgan fingerprint density at radius 1 is 1.36 bits per heavy atom. The number of methoxy groups -OCH3 is 1. The third-order valence-electron chi connectivity index (χ3n) is 3.07. The number of nitro benzene ring substituents is 1. The van der Waals surface area contributed by atoms with Gasteiger partial charge in [-0.25, -0.2) is 5.43 Å². The van der Waals surface area contributed by atoms with Crippen molar-refractivity contribution in [1.29, 1.82) is 0 Å². The number of benzene rings is 2. The Morgan fingerprint density at radius 2 is 2.08 bits per heavy atom. The minimum Gasteiger partial charge on any atom is -0.504 e. The van der Waals surface area contributed by atoms with E-state index in [2.05, 4.69) is 10.5 Å². The first-order chi connectivity index (χ1) is 11.8. The van der Waals surface area contributed by atoms with Crippen molar-refractivity contribution in [1.82, 2.24) is 5.43 Å². The van der Waals surface area contributed by atoms with E-state index in [4.69, 9.17) is 27.9 Å². The monoisotopic (exact) mass is 383 g/mol. The first-order valence-electron chi connectivity index (χ1n) is 6.67. The Bertz CT molecular complexity index is 870. The number of amides is 1. The van der Waals surface area contributed by atoms with Gasteiger partial charge in [-0.3, -0.25) is 14.9 Å². The van der Waals surface area contributed by atoms with Crippen LogP contribution in [0.3, 0.4) is 0 Å². The van der Waals surface area contributed by atoms with Gasteiger partial charge < -0.3 is 9.84 Å². The lowest BCUT2D eigenvalue weighted by Gasteiger charge is -2.06. The summed E-state index contributed by atoms with van der Waals surface area (Å²) in [6.07, 6.45) is 1.05. The number of nitrogens with zero attached hydrogens (tertiary/aromatic N) is 2. The number of phenolic OH excluding ortho intramolecular Hbond substituents is 1. The SMILES string of the molecule is COc1cc([N+](=O)[O-])cc(C=NNC(=O)c2ccc(Cl)cc2Cl)c1O. The summed E-state index contributed by atoms with van der Waals surface area (Å²) in [5.74, 6) is -1.06. The van der Waals surface area contributed by atoms with Gasteiger partial charge >= 0.3 is 0 Å². The van der Waals surface area contributed by atoms with E-state index in [1.807, 2.05) is 0 Å². The highest BCUT2D eigenvalue weighted by Crippen LogP contribution is 2.33. The molecule has 0 spiro atoms. The van der Waals surface area contributed by atoms with E-state index >= 15 is 0 Å². The number of halogens is 2. The molecule has 2 aromatic rings. The molecule has 0 atom stereocenters. The number of hydrazone groups is 1. The van der Waals surface area contributed by atoms with Crippen LogP contribution in [0.4, 0.5) is 5.69 Å². The van der Waals surface area contributed by atoms with Crippen molar-refractivity contribution >= 4 is 41.0 Å². The molecule has 0 saturated carbocycles. The largest absolute Gasteiger partial charge is 0.504 e. The zero-order valence-electron chi connectivity index (χ0n) is 12.7.